The van der Waals surface area contributed by atoms with E-state index in [0.717, 1.165) is 31.9 Å². The van der Waals surface area contributed by atoms with Crippen LogP contribution in [0.5, 0.6) is 0 Å². The third-order valence-corrected chi connectivity index (χ3v) is 4.97. The van der Waals surface area contributed by atoms with Crippen LogP contribution in [0, 0.1) is 0 Å². The fourth-order valence-electron chi connectivity index (χ4n) is 2.45. The van der Waals surface area contributed by atoms with Gasteiger partial charge < -0.3 is 15.5 Å². The topological polar surface area (TPSA) is 73.8 Å². The molecule has 7 heteroatoms. The fourth-order valence-corrected chi connectivity index (χ4v) is 3.23. The summed E-state index contributed by atoms with van der Waals surface area (Å²) in [4.78, 5) is 6.69. The highest BCUT2D eigenvalue weighted by Crippen LogP contribution is 2.13. The highest BCUT2D eigenvalue weighted by molar-refractivity contribution is 7.90. The zero-order chi connectivity index (χ0) is 19.6. The number of nitrogens with one attached hydrogen (secondary N) is 2. The van der Waals surface area contributed by atoms with E-state index in [4.69, 9.17) is 0 Å². The van der Waals surface area contributed by atoms with E-state index in [1.807, 2.05) is 27.9 Å². The zero-order valence-corrected chi connectivity index (χ0v) is 17.6. The van der Waals surface area contributed by atoms with Gasteiger partial charge in [0.25, 0.3) is 0 Å². The number of benzene rings is 1. The second kappa shape index (κ2) is 11.1. The van der Waals surface area contributed by atoms with Gasteiger partial charge >= 0.3 is 0 Å². The predicted octanol–water partition coefficient (Wildman–Crippen LogP) is 2.06. The molecule has 0 amide bonds. The normalized spacial score (nSPS) is 13.3. The third kappa shape index (κ3) is 9.65. The van der Waals surface area contributed by atoms with Gasteiger partial charge in [-0.1, -0.05) is 12.1 Å². The molecule has 0 aliphatic carbocycles. The molecule has 0 radical (unpaired) electrons. The molecule has 0 aliphatic heterocycles. The molecular weight excluding hydrogens is 348 g/mol. The van der Waals surface area contributed by atoms with Crippen LogP contribution >= 0.6 is 0 Å². The average Bonchev–Trinajstić information content (AvgIpc) is 2.57. The van der Waals surface area contributed by atoms with Crippen molar-refractivity contribution < 1.29 is 8.42 Å². The van der Waals surface area contributed by atoms with Gasteiger partial charge in [-0.2, -0.15) is 0 Å². The van der Waals surface area contributed by atoms with Crippen molar-refractivity contribution in [3.63, 3.8) is 0 Å². The van der Waals surface area contributed by atoms with Crippen LogP contribution in [0.25, 0.3) is 0 Å². The molecule has 0 saturated carbocycles. The first-order valence-corrected chi connectivity index (χ1v) is 11.3. The smallest absolute Gasteiger partial charge is 0.191 e. The van der Waals surface area contributed by atoms with Gasteiger partial charge in [-0.3, -0.25) is 4.99 Å². The number of hydrogen-bond donors (Lipinski definition) is 2. The maximum atomic E-state index is 11.3. The number of sulfone groups is 1. The summed E-state index contributed by atoms with van der Waals surface area (Å²) in [6, 6.07) is 8.65. The summed E-state index contributed by atoms with van der Waals surface area (Å²) in [5.41, 5.74) is 2.51. The van der Waals surface area contributed by atoms with E-state index in [1.54, 1.807) is 0 Å². The molecule has 26 heavy (non-hydrogen) atoms. The van der Waals surface area contributed by atoms with Gasteiger partial charge in [0.1, 0.15) is 9.84 Å². The Hall–Kier alpha value is -1.76. The number of aryl methyl sites for hydroxylation is 1. The summed E-state index contributed by atoms with van der Waals surface area (Å²) in [7, 11) is 1.14. The summed E-state index contributed by atoms with van der Waals surface area (Å²) in [6.07, 6.45) is 3.79. The zero-order valence-electron chi connectivity index (χ0n) is 16.7. The first kappa shape index (κ1) is 22.3. The van der Waals surface area contributed by atoms with Crippen LogP contribution in [0.15, 0.2) is 29.3 Å². The van der Waals surface area contributed by atoms with Crippen molar-refractivity contribution in [1.82, 2.24) is 10.6 Å². The highest BCUT2D eigenvalue weighted by Gasteiger charge is 2.09. The van der Waals surface area contributed by atoms with Crippen LogP contribution in [0.2, 0.25) is 0 Å². The molecule has 2 N–H and O–H groups in total. The second-order valence-electron chi connectivity index (χ2n) is 6.89. The van der Waals surface area contributed by atoms with Crippen molar-refractivity contribution >= 4 is 21.5 Å². The van der Waals surface area contributed by atoms with E-state index in [9.17, 15) is 8.42 Å². The van der Waals surface area contributed by atoms with Crippen LogP contribution in [0.1, 0.15) is 32.3 Å². The molecule has 1 unspecified atom stereocenters. The van der Waals surface area contributed by atoms with Gasteiger partial charge in [-0.05, 0) is 50.8 Å². The Labute approximate surface area is 159 Å². The number of rotatable bonds is 10. The summed E-state index contributed by atoms with van der Waals surface area (Å²) in [6.45, 7) is 5.50. The Balaban J connectivity index is 2.45. The van der Waals surface area contributed by atoms with E-state index < -0.39 is 9.84 Å². The summed E-state index contributed by atoms with van der Waals surface area (Å²) in [5.74, 6) is 0.931. The molecule has 0 saturated heterocycles. The fraction of sp³-hybridized carbons (Fsp3) is 0.632. The Morgan fingerprint density at radius 1 is 1.23 bits per heavy atom. The number of aliphatic imine (C=N–C) groups is 1. The number of anilines is 1. The number of nitrogens with zero attached hydrogens (tertiary/aromatic N) is 2. The lowest BCUT2D eigenvalue weighted by Gasteiger charge is -2.17. The molecule has 0 aromatic heterocycles. The van der Waals surface area contributed by atoms with Gasteiger partial charge in [-0.25, -0.2) is 8.42 Å². The Morgan fingerprint density at radius 2 is 1.88 bits per heavy atom. The Bertz CT molecular complexity index is 655. The number of guanidine groups is 1. The predicted molar refractivity (Wildman–Crippen MR) is 112 cm³/mol. The largest absolute Gasteiger partial charge is 0.378 e. The molecule has 1 aromatic carbocycles. The lowest BCUT2D eigenvalue weighted by molar-refractivity contribution is 0.581. The van der Waals surface area contributed by atoms with Gasteiger partial charge in [0.05, 0.1) is 5.75 Å². The quantitative estimate of drug-likeness (QED) is 0.368. The van der Waals surface area contributed by atoms with Crippen LogP contribution in [0.3, 0.4) is 0 Å². The molecule has 1 atom stereocenters. The van der Waals surface area contributed by atoms with E-state index in [0.29, 0.717) is 6.42 Å². The first-order chi connectivity index (χ1) is 12.2. The minimum Gasteiger partial charge on any atom is -0.378 e. The van der Waals surface area contributed by atoms with Crippen LogP contribution in [-0.2, 0) is 16.3 Å². The molecule has 0 bridgehead atoms. The molecule has 1 rings (SSSR count). The highest BCUT2D eigenvalue weighted by atomic mass is 32.2. The van der Waals surface area contributed by atoms with Gasteiger partial charge in [0.2, 0.25) is 0 Å². The molecule has 0 spiro atoms. The van der Waals surface area contributed by atoms with E-state index >= 15 is 0 Å². The SMILES string of the molecule is CCNC(=NCCCc1ccc(N(C)C)cc1)NC(C)CCS(C)(=O)=O. The first-order valence-electron chi connectivity index (χ1n) is 9.20. The van der Waals surface area contributed by atoms with Crippen molar-refractivity contribution in [2.75, 3.05) is 44.1 Å². The molecule has 0 fully saturated rings. The minimum atomic E-state index is -2.93. The van der Waals surface area contributed by atoms with Crippen molar-refractivity contribution in [3.8, 4) is 0 Å². The lowest BCUT2D eigenvalue weighted by atomic mass is 10.1. The second-order valence-corrected chi connectivity index (χ2v) is 9.15. The Kier molecular flexibility index (Phi) is 9.48. The van der Waals surface area contributed by atoms with Gasteiger partial charge in [-0.15, -0.1) is 0 Å². The molecule has 0 aliphatic rings. The van der Waals surface area contributed by atoms with Crippen LogP contribution in [-0.4, -0.2) is 59.6 Å². The maximum absolute atomic E-state index is 11.3. The van der Waals surface area contributed by atoms with Crippen molar-refractivity contribution in [3.05, 3.63) is 29.8 Å². The van der Waals surface area contributed by atoms with Crippen molar-refractivity contribution in [1.29, 1.82) is 0 Å². The summed E-state index contributed by atoms with van der Waals surface area (Å²) in [5, 5.41) is 6.49. The van der Waals surface area contributed by atoms with Crippen LogP contribution in [0.4, 0.5) is 5.69 Å². The van der Waals surface area contributed by atoms with Gasteiger partial charge in [0.15, 0.2) is 5.96 Å². The summed E-state index contributed by atoms with van der Waals surface area (Å²) < 4.78 is 22.5. The standard InChI is InChI=1S/C19H34N4O2S/c1-6-20-19(22-16(2)13-15-26(5,24)25)21-14-7-8-17-9-11-18(12-10-17)23(3)4/h9-12,16H,6-8,13-15H2,1-5H3,(H2,20,21,22). The maximum Gasteiger partial charge on any atom is 0.191 e. The van der Waals surface area contributed by atoms with Gasteiger partial charge in [0, 0.05) is 45.2 Å². The van der Waals surface area contributed by atoms with E-state index in [2.05, 4.69) is 44.8 Å². The monoisotopic (exact) mass is 382 g/mol. The van der Waals surface area contributed by atoms with Crippen LogP contribution < -0.4 is 15.5 Å². The molecule has 148 valence electrons. The molecule has 1 aromatic rings. The average molecular weight is 383 g/mol. The van der Waals surface area contributed by atoms with Crippen molar-refractivity contribution in [2.45, 2.75) is 39.2 Å². The lowest BCUT2D eigenvalue weighted by Crippen LogP contribution is -2.42. The Morgan fingerprint density at radius 3 is 2.42 bits per heavy atom. The summed E-state index contributed by atoms with van der Waals surface area (Å²) >= 11 is 0. The molecule has 6 nitrogen and oxygen atoms in total. The third-order valence-electron chi connectivity index (χ3n) is 4.00. The van der Waals surface area contributed by atoms with Crippen molar-refractivity contribution in [2.24, 2.45) is 4.99 Å². The molecule has 0 heterocycles. The van der Waals surface area contributed by atoms with E-state index in [1.165, 1.54) is 17.5 Å². The molecular formula is C19H34N4O2S. The number of hydrogen-bond acceptors (Lipinski definition) is 4. The minimum absolute atomic E-state index is 0.0566. The van der Waals surface area contributed by atoms with E-state index in [-0.39, 0.29) is 11.8 Å².